The standard InChI is InChI=1S/C16H18BrN5OS/c1-11-7-14(22(2)3)20-16(19-11)24-10-15(23)21-18-9-12-5-4-6-13(17)8-12/h4-9H,10H2,1-3H3,(H,21,23). The third-order valence-electron chi connectivity index (χ3n) is 2.86. The van der Waals surface area contributed by atoms with Gasteiger partial charge in [0, 0.05) is 30.3 Å². The summed E-state index contributed by atoms with van der Waals surface area (Å²) in [4.78, 5) is 22.5. The Bertz CT molecular complexity index is 751. The van der Waals surface area contributed by atoms with Gasteiger partial charge in [-0.15, -0.1) is 0 Å². The van der Waals surface area contributed by atoms with Gasteiger partial charge in [-0.1, -0.05) is 39.8 Å². The van der Waals surface area contributed by atoms with Crippen molar-refractivity contribution in [3.05, 3.63) is 46.1 Å². The van der Waals surface area contributed by atoms with Crippen LogP contribution in [0, 0.1) is 6.92 Å². The zero-order chi connectivity index (χ0) is 17.5. The van der Waals surface area contributed by atoms with E-state index >= 15 is 0 Å². The normalized spacial score (nSPS) is 10.8. The monoisotopic (exact) mass is 407 g/mol. The van der Waals surface area contributed by atoms with Crippen LogP contribution < -0.4 is 10.3 Å². The SMILES string of the molecule is Cc1cc(N(C)C)nc(SCC(=O)NN=Cc2cccc(Br)c2)n1. The average molecular weight is 408 g/mol. The smallest absolute Gasteiger partial charge is 0.250 e. The average Bonchev–Trinajstić information content (AvgIpc) is 2.52. The van der Waals surface area contributed by atoms with Gasteiger partial charge in [0.05, 0.1) is 12.0 Å². The molecule has 1 aromatic carbocycles. The molecule has 0 aliphatic carbocycles. The van der Waals surface area contributed by atoms with Gasteiger partial charge >= 0.3 is 0 Å². The Kier molecular flexibility index (Phi) is 6.74. The van der Waals surface area contributed by atoms with E-state index in [1.807, 2.05) is 56.3 Å². The highest BCUT2D eigenvalue weighted by molar-refractivity contribution is 9.10. The molecule has 1 aromatic heterocycles. The molecule has 0 saturated heterocycles. The Morgan fingerprint density at radius 3 is 2.88 bits per heavy atom. The number of hydrazone groups is 1. The van der Waals surface area contributed by atoms with Gasteiger partial charge < -0.3 is 4.90 Å². The third kappa shape index (κ3) is 5.93. The summed E-state index contributed by atoms with van der Waals surface area (Å²) in [6.07, 6.45) is 1.60. The summed E-state index contributed by atoms with van der Waals surface area (Å²) in [5, 5.41) is 4.52. The first-order valence-electron chi connectivity index (χ1n) is 7.17. The van der Waals surface area contributed by atoms with Gasteiger partial charge in [0.1, 0.15) is 5.82 Å². The van der Waals surface area contributed by atoms with E-state index < -0.39 is 0 Å². The third-order valence-corrected chi connectivity index (χ3v) is 4.20. The Balaban J connectivity index is 1.87. The number of hydrogen-bond donors (Lipinski definition) is 1. The topological polar surface area (TPSA) is 70.5 Å². The highest BCUT2D eigenvalue weighted by atomic mass is 79.9. The van der Waals surface area contributed by atoms with Crippen LogP contribution in [0.5, 0.6) is 0 Å². The minimum Gasteiger partial charge on any atom is -0.363 e. The molecule has 0 fully saturated rings. The summed E-state index contributed by atoms with van der Waals surface area (Å²) in [7, 11) is 3.83. The lowest BCUT2D eigenvalue weighted by atomic mass is 10.2. The van der Waals surface area contributed by atoms with Gasteiger partial charge in [0.15, 0.2) is 5.16 Å². The fourth-order valence-electron chi connectivity index (χ4n) is 1.75. The van der Waals surface area contributed by atoms with Crippen LogP contribution >= 0.6 is 27.7 Å². The lowest BCUT2D eigenvalue weighted by Crippen LogP contribution is -2.20. The molecule has 1 N–H and O–H groups in total. The van der Waals surface area contributed by atoms with Crippen molar-refractivity contribution in [3.8, 4) is 0 Å². The summed E-state index contributed by atoms with van der Waals surface area (Å²) in [5.41, 5.74) is 4.26. The van der Waals surface area contributed by atoms with Crippen molar-refractivity contribution >= 4 is 45.6 Å². The van der Waals surface area contributed by atoms with Crippen LogP contribution in [0.1, 0.15) is 11.3 Å². The van der Waals surface area contributed by atoms with Gasteiger partial charge in [0.2, 0.25) is 0 Å². The first-order valence-corrected chi connectivity index (χ1v) is 8.95. The van der Waals surface area contributed by atoms with Crippen molar-refractivity contribution in [1.29, 1.82) is 0 Å². The second-order valence-electron chi connectivity index (χ2n) is 5.18. The molecule has 0 radical (unpaired) electrons. The van der Waals surface area contributed by atoms with Crippen LogP contribution in [0.4, 0.5) is 5.82 Å². The first-order chi connectivity index (χ1) is 11.4. The maximum Gasteiger partial charge on any atom is 0.250 e. The molecule has 0 aliphatic rings. The molecule has 2 rings (SSSR count). The molecular formula is C16H18BrN5OS. The van der Waals surface area contributed by atoms with E-state index in [4.69, 9.17) is 0 Å². The van der Waals surface area contributed by atoms with E-state index in [2.05, 4.69) is 36.4 Å². The van der Waals surface area contributed by atoms with Crippen molar-refractivity contribution in [2.75, 3.05) is 24.7 Å². The van der Waals surface area contributed by atoms with Gasteiger partial charge in [-0.3, -0.25) is 4.79 Å². The van der Waals surface area contributed by atoms with Gasteiger partial charge in [-0.05, 0) is 24.6 Å². The number of nitrogens with zero attached hydrogens (tertiary/aromatic N) is 4. The number of aryl methyl sites for hydroxylation is 1. The fourth-order valence-corrected chi connectivity index (χ4v) is 2.86. The molecule has 0 bridgehead atoms. The molecule has 1 amide bonds. The molecule has 0 unspecified atom stereocenters. The molecule has 24 heavy (non-hydrogen) atoms. The Labute approximate surface area is 153 Å². The summed E-state index contributed by atoms with van der Waals surface area (Å²) >= 11 is 4.67. The second kappa shape index (κ2) is 8.79. The van der Waals surface area contributed by atoms with Crippen molar-refractivity contribution in [2.24, 2.45) is 5.10 Å². The quantitative estimate of drug-likeness (QED) is 0.345. The van der Waals surface area contributed by atoms with E-state index in [-0.39, 0.29) is 11.7 Å². The number of nitrogens with one attached hydrogen (secondary N) is 1. The molecule has 1 heterocycles. The van der Waals surface area contributed by atoms with E-state index in [1.54, 1.807) is 6.21 Å². The van der Waals surface area contributed by atoms with Crippen LogP contribution in [0.2, 0.25) is 0 Å². The number of carbonyl (C=O) groups excluding carboxylic acids is 1. The number of carbonyl (C=O) groups is 1. The number of benzene rings is 1. The van der Waals surface area contributed by atoms with Gasteiger partial charge in [-0.2, -0.15) is 5.10 Å². The van der Waals surface area contributed by atoms with E-state index in [0.717, 1.165) is 21.5 Å². The number of rotatable bonds is 6. The maximum atomic E-state index is 11.9. The molecule has 0 spiro atoms. The largest absolute Gasteiger partial charge is 0.363 e. The number of amides is 1. The van der Waals surface area contributed by atoms with Crippen molar-refractivity contribution < 1.29 is 4.79 Å². The number of anilines is 1. The summed E-state index contributed by atoms with van der Waals surface area (Å²) in [5.74, 6) is 0.812. The van der Waals surface area contributed by atoms with Gasteiger partial charge in [0.25, 0.3) is 5.91 Å². The molecule has 126 valence electrons. The summed E-state index contributed by atoms with van der Waals surface area (Å²) < 4.78 is 0.960. The van der Waals surface area contributed by atoms with Crippen LogP contribution in [-0.4, -0.2) is 41.9 Å². The summed E-state index contributed by atoms with van der Waals surface area (Å²) in [6.45, 7) is 1.90. The van der Waals surface area contributed by atoms with Gasteiger partial charge in [-0.25, -0.2) is 15.4 Å². The number of thioether (sulfide) groups is 1. The zero-order valence-corrected chi connectivity index (χ0v) is 16.1. The fraction of sp³-hybridized carbons (Fsp3) is 0.250. The molecule has 6 nitrogen and oxygen atoms in total. The molecule has 0 aliphatic heterocycles. The Hall–Kier alpha value is -1.93. The van der Waals surface area contributed by atoms with Crippen molar-refractivity contribution in [3.63, 3.8) is 0 Å². The van der Waals surface area contributed by atoms with Crippen molar-refractivity contribution in [1.82, 2.24) is 15.4 Å². The van der Waals surface area contributed by atoms with Crippen LogP contribution in [-0.2, 0) is 4.79 Å². The molecule has 0 saturated carbocycles. The van der Waals surface area contributed by atoms with E-state index in [9.17, 15) is 4.79 Å². The Morgan fingerprint density at radius 2 is 2.17 bits per heavy atom. The lowest BCUT2D eigenvalue weighted by Gasteiger charge is -2.12. The predicted octanol–water partition coefficient (Wildman–Crippen LogP) is 2.86. The van der Waals surface area contributed by atoms with Crippen LogP contribution in [0.3, 0.4) is 0 Å². The highest BCUT2D eigenvalue weighted by Crippen LogP contribution is 2.17. The van der Waals surface area contributed by atoms with E-state index in [1.165, 1.54) is 11.8 Å². The number of aromatic nitrogens is 2. The minimum absolute atomic E-state index is 0.201. The number of halogens is 1. The van der Waals surface area contributed by atoms with Crippen molar-refractivity contribution in [2.45, 2.75) is 12.1 Å². The minimum atomic E-state index is -0.206. The maximum absolute atomic E-state index is 11.9. The predicted molar refractivity (Wildman–Crippen MR) is 102 cm³/mol. The Morgan fingerprint density at radius 1 is 1.38 bits per heavy atom. The first kappa shape index (κ1) is 18.4. The van der Waals surface area contributed by atoms with E-state index in [0.29, 0.717) is 5.16 Å². The van der Waals surface area contributed by atoms with Crippen LogP contribution in [0.25, 0.3) is 0 Å². The highest BCUT2D eigenvalue weighted by Gasteiger charge is 2.07. The molecule has 2 aromatic rings. The van der Waals surface area contributed by atoms with Crippen LogP contribution in [0.15, 0.2) is 45.1 Å². The molecular weight excluding hydrogens is 390 g/mol. The number of hydrogen-bond acceptors (Lipinski definition) is 6. The molecule has 0 atom stereocenters. The summed E-state index contributed by atoms with van der Waals surface area (Å²) in [6, 6.07) is 9.54. The second-order valence-corrected chi connectivity index (χ2v) is 7.04. The lowest BCUT2D eigenvalue weighted by molar-refractivity contribution is -0.118. The molecule has 8 heteroatoms. The zero-order valence-electron chi connectivity index (χ0n) is 13.7.